The summed E-state index contributed by atoms with van der Waals surface area (Å²) in [4.78, 5) is 18.2. The van der Waals surface area contributed by atoms with Crippen molar-refractivity contribution in [3.05, 3.63) is 0 Å². The zero-order valence-corrected chi connectivity index (χ0v) is 18.8. The van der Waals surface area contributed by atoms with Gasteiger partial charge in [-0.1, -0.05) is 0 Å². The summed E-state index contributed by atoms with van der Waals surface area (Å²) >= 11 is 0. The van der Waals surface area contributed by atoms with Gasteiger partial charge >= 0.3 is 6.09 Å². The number of halogens is 1. The molecule has 2 unspecified atom stereocenters. The molecule has 0 saturated carbocycles. The number of carbonyl (C=O) groups excluding carboxylic acids is 1. The van der Waals surface area contributed by atoms with Gasteiger partial charge in [0.05, 0.1) is 6.61 Å². The zero-order valence-electron chi connectivity index (χ0n) is 16.4. The number of nitrogens with zero attached hydrogens (tertiary/aromatic N) is 2. The van der Waals surface area contributed by atoms with Crippen molar-refractivity contribution in [2.75, 3.05) is 40.4 Å². The molecule has 0 aromatic heterocycles. The summed E-state index contributed by atoms with van der Waals surface area (Å²) in [6.07, 6.45) is 1.87. The van der Waals surface area contributed by atoms with Gasteiger partial charge in [0.15, 0.2) is 5.96 Å². The summed E-state index contributed by atoms with van der Waals surface area (Å²) in [5.41, 5.74) is -0.453. The van der Waals surface area contributed by atoms with Crippen LogP contribution in [0.25, 0.3) is 0 Å². The standard InChI is InChI=1S/C17H34N4O3.HI/c1-13(12-23-6)20-15(18-5)19-10-14-8-7-9-21(11-14)16(22)24-17(2,3)4;/h13-14H,7-12H2,1-6H3,(H2,18,19,20);1H. The van der Waals surface area contributed by atoms with Gasteiger partial charge in [-0.3, -0.25) is 4.99 Å². The highest BCUT2D eigenvalue weighted by atomic mass is 127. The Morgan fingerprint density at radius 3 is 2.64 bits per heavy atom. The van der Waals surface area contributed by atoms with Crippen LogP contribution >= 0.6 is 24.0 Å². The third-order valence-electron chi connectivity index (χ3n) is 3.75. The van der Waals surface area contributed by atoms with Crippen LogP contribution in [0.4, 0.5) is 4.79 Å². The van der Waals surface area contributed by atoms with Gasteiger partial charge in [-0.25, -0.2) is 4.79 Å². The molecule has 0 aromatic carbocycles. The second kappa shape index (κ2) is 11.8. The number of likely N-dealkylation sites (tertiary alicyclic amines) is 1. The normalized spacial score (nSPS) is 19.7. The molecule has 0 spiro atoms. The monoisotopic (exact) mass is 470 g/mol. The number of ether oxygens (including phenoxy) is 2. The highest BCUT2D eigenvalue weighted by Crippen LogP contribution is 2.18. The van der Waals surface area contributed by atoms with Crippen LogP contribution in [0.15, 0.2) is 4.99 Å². The molecular formula is C17H35IN4O3. The number of amides is 1. The summed E-state index contributed by atoms with van der Waals surface area (Å²) in [6, 6.07) is 0.186. The Kier molecular flexibility index (Phi) is 11.4. The predicted molar refractivity (Wildman–Crippen MR) is 112 cm³/mol. The minimum absolute atomic E-state index is 0. The van der Waals surface area contributed by atoms with Crippen LogP contribution in [0.3, 0.4) is 0 Å². The van der Waals surface area contributed by atoms with Crippen molar-refractivity contribution < 1.29 is 14.3 Å². The third kappa shape index (κ3) is 10.1. The first kappa shape index (κ1) is 24.2. The van der Waals surface area contributed by atoms with Crippen LogP contribution in [0.5, 0.6) is 0 Å². The Labute approximate surface area is 169 Å². The number of piperidine rings is 1. The smallest absolute Gasteiger partial charge is 0.410 e. The minimum Gasteiger partial charge on any atom is -0.444 e. The van der Waals surface area contributed by atoms with Crippen molar-refractivity contribution in [2.24, 2.45) is 10.9 Å². The van der Waals surface area contributed by atoms with Crippen molar-refractivity contribution in [2.45, 2.75) is 52.2 Å². The molecule has 7 nitrogen and oxygen atoms in total. The number of aliphatic imine (C=N–C) groups is 1. The van der Waals surface area contributed by atoms with E-state index in [2.05, 4.69) is 15.6 Å². The Hall–Kier alpha value is -0.770. The van der Waals surface area contributed by atoms with Crippen LogP contribution < -0.4 is 10.6 Å². The van der Waals surface area contributed by atoms with E-state index in [1.54, 1.807) is 14.2 Å². The van der Waals surface area contributed by atoms with Gasteiger partial charge in [-0.2, -0.15) is 0 Å². The number of methoxy groups -OCH3 is 1. The molecule has 1 heterocycles. The lowest BCUT2D eigenvalue weighted by Crippen LogP contribution is -2.48. The molecular weight excluding hydrogens is 435 g/mol. The molecule has 1 rings (SSSR count). The SMILES string of the molecule is CN=C(NCC1CCCN(C(=O)OC(C)(C)C)C1)NC(C)COC.I. The van der Waals surface area contributed by atoms with Gasteiger partial charge in [-0.05, 0) is 46.5 Å². The molecule has 2 N–H and O–H groups in total. The zero-order chi connectivity index (χ0) is 18.2. The number of carbonyl (C=O) groups is 1. The molecule has 1 amide bonds. The first-order chi connectivity index (χ1) is 11.2. The third-order valence-corrected chi connectivity index (χ3v) is 3.75. The summed E-state index contributed by atoms with van der Waals surface area (Å²) in [7, 11) is 3.43. The fourth-order valence-corrected chi connectivity index (χ4v) is 2.68. The van der Waals surface area contributed by atoms with E-state index >= 15 is 0 Å². The fourth-order valence-electron chi connectivity index (χ4n) is 2.68. The van der Waals surface area contributed by atoms with E-state index < -0.39 is 5.60 Å². The van der Waals surface area contributed by atoms with E-state index in [0.29, 0.717) is 19.1 Å². The Morgan fingerprint density at radius 1 is 1.40 bits per heavy atom. The van der Waals surface area contributed by atoms with Gasteiger partial charge < -0.3 is 25.0 Å². The minimum atomic E-state index is -0.453. The molecule has 0 aromatic rings. The Morgan fingerprint density at radius 2 is 2.08 bits per heavy atom. The van der Waals surface area contributed by atoms with E-state index in [9.17, 15) is 4.79 Å². The van der Waals surface area contributed by atoms with E-state index in [0.717, 1.165) is 31.9 Å². The average Bonchev–Trinajstić information content (AvgIpc) is 2.50. The number of rotatable bonds is 5. The maximum atomic E-state index is 12.2. The highest BCUT2D eigenvalue weighted by molar-refractivity contribution is 14.0. The number of hydrogen-bond donors (Lipinski definition) is 2. The quantitative estimate of drug-likeness (QED) is 0.367. The average molecular weight is 470 g/mol. The van der Waals surface area contributed by atoms with Crippen molar-refractivity contribution in [1.82, 2.24) is 15.5 Å². The number of nitrogens with one attached hydrogen (secondary N) is 2. The number of hydrogen-bond acceptors (Lipinski definition) is 4. The lowest BCUT2D eigenvalue weighted by Gasteiger charge is -2.34. The predicted octanol–water partition coefficient (Wildman–Crippen LogP) is 2.45. The highest BCUT2D eigenvalue weighted by Gasteiger charge is 2.27. The van der Waals surface area contributed by atoms with Crippen LogP contribution in [0.2, 0.25) is 0 Å². The molecule has 25 heavy (non-hydrogen) atoms. The van der Waals surface area contributed by atoms with E-state index in [1.165, 1.54) is 0 Å². The van der Waals surface area contributed by atoms with Gasteiger partial charge in [0.1, 0.15) is 5.60 Å². The molecule has 0 radical (unpaired) electrons. The largest absolute Gasteiger partial charge is 0.444 e. The molecule has 1 saturated heterocycles. The van der Waals surface area contributed by atoms with E-state index in [-0.39, 0.29) is 36.1 Å². The molecule has 1 fully saturated rings. The molecule has 1 aliphatic heterocycles. The lowest BCUT2D eigenvalue weighted by molar-refractivity contribution is 0.0168. The van der Waals surface area contributed by atoms with E-state index in [4.69, 9.17) is 9.47 Å². The van der Waals surface area contributed by atoms with Crippen molar-refractivity contribution in [3.63, 3.8) is 0 Å². The van der Waals surface area contributed by atoms with Gasteiger partial charge in [0.2, 0.25) is 0 Å². The van der Waals surface area contributed by atoms with Crippen molar-refractivity contribution in [1.29, 1.82) is 0 Å². The fraction of sp³-hybridized carbons (Fsp3) is 0.882. The van der Waals surface area contributed by atoms with Crippen molar-refractivity contribution in [3.8, 4) is 0 Å². The molecule has 2 atom stereocenters. The summed E-state index contributed by atoms with van der Waals surface area (Å²) in [6.45, 7) is 10.6. The topological polar surface area (TPSA) is 75.2 Å². The molecule has 0 aliphatic carbocycles. The maximum Gasteiger partial charge on any atom is 0.410 e. The van der Waals surface area contributed by atoms with Crippen molar-refractivity contribution >= 4 is 36.0 Å². The second-order valence-corrected chi connectivity index (χ2v) is 7.39. The summed E-state index contributed by atoms with van der Waals surface area (Å²) in [5, 5.41) is 6.62. The first-order valence-corrected chi connectivity index (χ1v) is 8.69. The lowest BCUT2D eigenvalue weighted by atomic mass is 9.98. The van der Waals surface area contributed by atoms with Gasteiger partial charge in [-0.15, -0.1) is 24.0 Å². The molecule has 8 heteroatoms. The Balaban J connectivity index is 0.00000576. The first-order valence-electron chi connectivity index (χ1n) is 8.69. The van der Waals surface area contributed by atoms with Crippen LogP contribution in [0.1, 0.15) is 40.5 Å². The van der Waals surface area contributed by atoms with Crippen LogP contribution in [-0.4, -0.2) is 69.0 Å². The second-order valence-electron chi connectivity index (χ2n) is 7.39. The van der Waals surface area contributed by atoms with Gasteiger partial charge in [0.25, 0.3) is 0 Å². The summed E-state index contributed by atoms with van der Waals surface area (Å²) in [5.74, 6) is 1.15. The van der Waals surface area contributed by atoms with Gasteiger partial charge in [0, 0.05) is 39.8 Å². The maximum absolute atomic E-state index is 12.2. The summed E-state index contributed by atoms with van der Waals surface area (Å²) < 4.78 is 10.6. The van der Waals surface area contributed by atoms with Crippen LogP contribution in [0, 0.1) is 5.92 Å². The molecule has 148 valence electrons. The van der Waals surface area contributed by atoms with Crippen LogP contribution in [-0.2, 0) is 9.47 Å². The Bertz CT molecular complexity index is 427. The number of guanidine groups is 1. The molecule has 1 aliphatic rings. The molecule has 0 bridgehead atoms. The van der Waals surface area contributed by atoms with E-state index in [1.807, 2.05) is 32.6 Å².